The van der Waals surface area contributed by atoms with E-state index < -0.39 is 48.4 Å². The van der Waals surface area contributed by atoms with E-state index >= 15 is 0 Å². The fourth-order valence-electron chi connectivity index (χ4n) is 3.42. The summed E-state index contributed by atoms with van der Waals surface area (Å²) in [5.41, 5.74) is 7.84. The molecule has 0 aliphatic heterocycles. The molecule has 0 bridgehead atoms. The van der Waals surface area contributed by atoms with Crippen LogP contribution in [0.25, 0.3) is 10.9 Å². The second-order valence-electron chi connectivity index (χ2n) is 7.87. The molecule has 12 heteroatoms. The third-order valence-corrected chi connectivity index (χ3v) is 5.17. The minimum Gasteiger partial charge on any atom is -0.480 e. The molecule has 0 saturated heterocycles. The van der Waals surface area contributed by atoms with E-state index in [1.807, 2.05) is 24.3 Å². The second-order valence-corrected chi connectivity index (χ2v) is 7.87. The van der Waals surface area contributed by atoms with E-state index in [1.165, 1.54) is 19.4 Å². The lowest BCUT2D eigenvalue weighted by Crippen LogP contribution is -2.57. The summed E-state index contributed by atoms with van der Waals surface area (Å²) in [6.45, 7) is 0.887. The van der Waals surface area contributed by atoms with E-state index in [1.54, 1.807) is 6.20 Å². The predicted octanol–water partition coefficient (Wildman–Crippen LogP) is -0.806. The van der Waals surface area contributed by atoms with Crippen LogP contribution in [0.5, 0.6) is 0 Å². The monoisotopic (exact) mass is 469 g/mol. The number of aromatic nitrogens is 3. The van der Waals surface area contributed by atoms with Crippen LogP contribution in [0.4, 0.5) is 0 Å². The molecule has 0 spiro atoms. The van der Waals surface area contributed by atoms with Gasteiger partial charge in [-0.2, -0.15) is 0 Å². The number of nitrogens with two attached hydrogens (primary N) is 1. The van der Waals surface area contributed by atoms with Crippen molar-refractivity contribution in [2.75, 3.05) is 6.54 Å². The van der Waals surface area contributed by atoms with Gasteiger partial charge in [-0.05, 0) is 18.6 Å². The number of hydrogen-bond acceptors (Lipinski definition) is 6. The number of para-hydroxylation sites is 1. The van der Waals surface area contributed by atoms with Crippen LogP contribution in [0.15, 0.2) is 43.0 Å². The van der Waals surface area contributed by atoms with Crippen molar-refractivity contribution >= 4 is 34.6 Å². The highest BCUT2D eigenvalue weighted by atomic mass is 16.4. The molecule has 2 aromatic heterocycles. The van der Waals surface area contributed by atoms with Gasteiger partial charge in [0.25, 0.3) is 0 Å². The third kappa shape index (κ3) is 6.42. The molecule has 180 valence electrons. The molecule has 34 heavy (non-hydrogen) atoms. The smallest absolute Gasteiger partial charge is 0.322 e. The first-order valence-electron chi connectivity index (χ1n) is 10.6. The van der Waals surface area contributed by atoms with Gasteiger partial charge in [-0.3, -0.25) is 19.2 Å². The molecular formula is C22H27N7O5. The molecular weight excluding hydrogens is 442 g/mol. The van der Waals surface area contributed by atoms with Crippen LogP contribution in [0.1, 0.15) is 18.2 Å². The summed E-state index contributed by atoms with van der Waals surface area (Å²) in [4.78, 5) is 59.0. The van der Waals surface area contributed by atoms with E-state index in [0.717, 1.165) is 16.5 Å². The van der Waals surface area contributed by atoms with Crippen molar-refractivity contribution in [1.29, 1.82) is 0 Å². The number of imidazole rings is 1. The van der Waals surface area contributed by atoms with E-state index in [9.17, 15) is 19.2 Å². The number of aliphatic carboxylic acids is 1. The van der Waals surface area contributed by atoms with Crippen molar-refractivity contribution in [2.24, 2.45) is 5.73 Å². The van der Waals surface area contributed by atoms with Crippen LogP contribution in [0.3, 0.4) is 0 Å². The molecule has 3 rings (SSSR count). The van der Waals surface area contributed by atoms with Gasteiger partial charge >= 0.3 is 5.97 Å². The van der Waals surface area contributed by atoms with Crippen molar-refractivity contribution in [3.05, 3.63) is 54.2 Å². The Bertz CT molecular complexity index is 1160. The Kier molecular flexibility index (Phi) is 7.98. The van der Waals surface area contributed by atoms with Crippen LogP contribution >= 0.6 is 0 Å². The number of carboxylic acid groups (broad SMARTS) is 1. The largest absolute Gasteiger partial charge is 0.480 e. The van der Waals surface area contributed by atoms with Gasteiger partial charge in [0.05, 0.1) is 12.4 Å². The topological polar surface area (TPSA) is 195 Å². The molecule has 3 unspecified atom stereocenters. The lowest BCUT2D eigenvalue weighted by molar-refractivity contribution is -0.138. The maximum Gasteiger partial charge on any atom is 0.322 e. The summed E-state index contributed by atoms with van der Waals surface area (Å²) >= 11 is 0. The van der Waals surface area contributed by atoms with Crippen LogP contribution < -0.4 is 21.7 Å². The zero-order valence-electron chi connectivity index (χ0n) is 18.5. The zero-order valence-corrected chi connectivity index (χ0v) is 18.5. The Labute approximate surface area is 194 Å². The lowest BCUT2D eigenvalue weighted by Gasteiger charge is -2.23. The molecule has 2 heterocycles. The van der Waals surface area contributed by atoms with Gasteiger partial charge in [0, 0.05) is 41.8 Å². The zero-order chi connectivity index (χ0) is 24.7. The summed E-state index contributed by atoms with van der Waals surface area (Å²) in [6, 6.07) is 4.47. The average molecular weight is 470 g/mol. The van der Waals surface area contributed by atoms with E-state index in [2.05, 4.69) is 30.9 Å². The quantitative estimate of drug-likeness (QED) is 0.191. The number of nitrogens with one attached hydrogen (secondary N) is 5. The average Bonchev–Trinajstić information content (AvgIpc) is 3.46. The normalized spacial score (nSPS) is 13.6. The Morgan fingerprint density at radius 1 is 1.03 bits per heavy atom. The fourth-order valence-corrected chi connectivity index (χ4v) is 3.42. The molecule has 3 aromatic rings. The molecule has 0 aliphatic carbocycles. The van der Waals surface area contributed by atoms with Crippen LogP contribution in [0.2, 0.25) is 0 Å². The summed E-state index contributed by atoms with van der Waals surface area (Å²) in [7, 11) is 0. The number of carbonyl (C=O) groups excluding carboxylic acids is 3. The first kappa shape index (κ1) is 24.5. The summed E-state index contributed by atoms with van der Waals surface area (Å²) in [5, 5.41) is 17.3. The van der Waals surface area contributed by atoms with Gasteiger partial charge in [0.2, 0.25) is 17.7 Å². The highest BCUT2D eigenvalue weighted by molar-refractivity contribution is 5.94. The molecule has 1 aromatic carbocycles. The first-order valence-corrected chi connectivity index (χ1v) is 10.6. The second kappa shape index (κ2) is 11.1. The highest BCUT2D eigenvalue weighted by Crippen LogP contribution is 2.19. The first-order chi connectivity index (χ1) is 16.2. The van der Waals surface area contributed by atoms with Gasteiger partial charge in [-0.25, -0.2) is 4.98 Å². The van der Waals surface area contributed by atoms with Crippen molar-refractivity contribution in [3.8, 4) is 0 Å². The van der Waals surface area contributed by atoms with Gasteiger partial charge in [0.1, 0.15) is 18.6 Å². The number of amides is 3. The number of carboxylic acids is 1. The predicted molar refractivity (Wildman–Crippen MR) is 122 cm³/mol. The van der Waals surface area contributed by atoms with Gasteiger partial charge in [0.15, 0.2) is 0 Å². The minimum absolute atomic E-state index is 0.0842. The Morgan fingerprint density at radius 3 is 2.41 bits per heavy atom. The summed E-state index contributed by atoms with van der Waals surface area (Å²) in [6.07, 6.45) is 4.87. The van der Waals surface area contributed by atoms with Crippen molar-refractivity contribution in [2.45, 2.75) is 37.9 Å². The molecule has 0 saturated carbocycles. The number of carbonyl (C=O) groups is 4. The lowest BCUT2D eigenvalue weighted by atomic mass is 10.0. The molecule has 3 atom stereocenters. The van der Waals surface area contributed by atoms with Crippen LogP contribution in [-0.4, -0.2) is 68.4 Å². The Morgan fingerprint density at radius 2 is 1.74 bits per heavy atom. The fraction of sp³-hybridized carbons (Fsp3) is 0.318. The number of rotatable bonds is 11. The molecule has 12 nitrogen and oxygen atoms in total. The number of aromatic amines is 2. The highest BCUT2D eigenvalue weighted by Gasteiger charge is 2.29. The number of fused-ring (bicyclic) bond motifs is 1. The SMILES string of the molecule is CC(N)C(=O)NC(Cc1cnc[nH]1)C(=O)NC(Cc1c[nH]c2ccccc12)C(=O)NCC(=O)O. The van der Waals surface area contributed by atoms with E-state index in [-0.39, 0.29) is 12.8 Å². The number of benzene rings is 1. The van der Waals surface area contributed by atoms with E-state index in [4.69, 9.17) is 10.8 Å². The maximum absolute atomic E-state index is 13.2. The van der Waals surface area contributed by atoms with Crippen LogP contribution in [-0.2, 0) is 32.0 Å². The van der Waals surface area contributed by atoms with Crippen molar-refractivity contribution in [3.63, 3.8) is 0 Å². The van der Waals surface area contributed by atoms with Gasteiger partial charge in [-0.1, -0.05) is 18.2 Å². The number of nitrogens with zero attached hydrogens (tertiary/aromatic N) is 1. The third-order valence-electron chi connectivity index (χ3n) is 5.17. The Balaban J connectivity index is 1.82. The summed E-state index contributed by atoms with van der Waals surface area (Å²) < 4.78 is 0. The van der Waals surface area contributed by atoms with Crippen LogP contribution in [0, 0.1) is 0 Å². The summed E-state index contributed by atoms with van der Waals surface area (Å²) in [5.74, 6) is -3.05. The molecule has 0 radical (unpaired) electrons. The molecule has 3 amide bonds. The van der Waals surface area contributed by atoms with Crippen molar-refractivity contribution in [1.82, 2.24) is 30.9 Å². The molecule has 8 N–H and O–H groups in total. The number of hydrogen-bond donors (Lipinski definition) is 7. The number of H-pyrrole nitrogens is 2. The van der Waals surface area contributed by atoms with Crippen molar-refractivity contribution < 1.29 is 24.3 Å². The van der Waals surface area contributed by atoms with Gasteiger partial charge in [-0.15, -0.1) is 0 Å². The maximum atomic E-state index is 13.2. The molecule has 0 aliphatic rings. The van der Waals surface area contributed by atoms with Gasteiger partial charge < -0.3 is 36.8 Å². The van der Waals surface area contributed by atoms with E-state index in [0.29, 0.717) is 5.69 Å². The minimum atomic E-state index is -1.22. The Hall–Kier alpha value is -4.19. The molecule has 0 fully saturated rings. The standard InChI is InChI=1S/C22H27N7O5/c1-12(23)20(32)28-18(7-14-9-24-11-27-14)22(34)29-17(21(33)26-10-19(30)31)6-13-8-25-16-5-3-2-4-15(13)16/h2-5,8-9,11-12,17-18,25H,6-7,10,23H2,1H3,(H,24,27)(H,26,33)(H,28,32)(H,29,34)(H,30,31).